The third-order valence-corrected chi connectivity index (χ3v) is 5.15. The van der Waals surface area contributed by atoms with Crippen molar-refractivity contribution in [1.82, 2.24) is 5.32 Å². The number of benzene rings is 1. The number of halogens is 1. The van der Waals surface area contributed by atoms with E-state index in [1.807, 2.05) is 0 Å². The largest absolute Gasteiger partial charge is 0.349 e. The molecule has 0 spiro atoms. The topological polar surface area (TPSA) is 29.1 Å². The van der Waals surface area contributed by atoms with E-state index < -0.39 is 0 Å². The van der Waals surface area contributed by atoms with E-state index in [0.29, 0.717) is 16.5 Å². The molecule has 3 rings (SSSR count). The Bertz CT molecular complexity index is 470. The van der Waals surface area contributed by atoms with E-state index in [1.54, 1.807) is 24.3 Å². The second kappa shape index (κ2) is 5.16. The standard InChI is InChI=1S/C16H20ClNO/c1-10(15-9-11-2-3-13(15)8-11)18-16(19)12-4-6-14(17)7-5-12/h4-7,10-11,13,15H,2-3,8-9H2,1H3,(H,18,19)/t10-,11+,13+,15-/m1/s1. The third-order valence-electron chi connectivity index (χ3n) is 4.90. The summed E-state index contributed by atoms with van der Waals surface area (Å²) in [5.41, 5.74) is 0.694. The van der Waals surface area contributed by atoms with Gasteiger partial charge in [-0.2, -0.15) is 0 Å². The van der Waals surface area contributed by atoms with Crippen molar-refractivity contribution in [3.8, 4) is 0 Å². The average molecular weight is 278 g/mol. The highest BCUT2D eigenvalue weighted by molar-refractivity contribution is 6.30. The van der Waals surface area contributed by atoms with Crippen molar-refractivity contribution in [1.29, 1.82) is 0 Å². The summed E-state index contributed by atoms with van der Waals surface area (Å²) >= 11 is 5.84. The van der Waals surface area contributed by atoms with Gasteiger partial charge in [0.25, 0.3) is 5.91 Å². The Balaban J connectivity index is 1.61. The van der Waals surface area contributed by atoms with Crippen LogP contribution < -0.4 is 5.32 Å². The molecule has 2 aliphatic rings. The van der Waals surface area contributed by atoms with Crippen LogP contribution in [0, 0.1) is 17.8 Å². The Labute approximate surface area is 119 Å². The molecule has 0 unspecified atom stereocenters. The Morgan fingerprint density at radius 1 is 1.26 bits per heavy atom. The summed E-state index contributed by atoms with van der Waals surface area (Å²) in [6, 6.07) is 7.37. The van der Waals surface area contributed by atoms with E-state index in [1.165, 1.54) is 25.7 Å². The molecule has 19 heavy (non-hydrogen) atoms. The zero-order valence-electron chi connectivity index (χ0n) is 11.2. The van der Waals surface area contributed by atoms with Gasteiger partial charge in [0, 0.05) is 16.6 Å². The van der Waals surface area contributed by atoms with Crippen molar-refractivity contribution in [2.24, 2.45) is 17.8 Å². The molecule has 0 aromatic heterocycles. The van der Waals surface area contributed by atoms with Gasteiger partial charge in [-0.3, -0.25) is 4.79 Å². The molecule has 0 aliphatic heterocycles. The molecule has 2 bridgehead atoms. The lowest BCUT2D eigenvalue weighted by Gasteiger charge is -2.28. The van der Waals surface area contributed by atoms with Gasteiger partial charge in [-0.1, -0.05) is 18.0 Å². The molecular weight excluding hydrogens is 258 g/mol. The van der Waals surface area contributed by atoms with Gasteiger partial charge in [0.2, 0.25) is 0 Å². The number of carbonyl (C=O) groups excluding carboxylic acids is 1. The fourth-order valence-corrected chi connectivity index (χ4v) is 4.03. The molecule has 2 aliphatic carbocycles. The van der Waals surface area contributed by atoms with E-state index >= 15 is 0 Å². The molecule has 0 heterocycles. The summed E-state index contributed by atoms with van der Waals surface area (Å²) in [7, 11) is 0. The Hall–Kier alpha value is -1.02. The molecule has 1 amide bonds. The summed E-state index contributed by atoms with van der Waals surface area (Å²) in [4.78, 5) is 12.2. The highest BCUT2D eigenvalue weighted by Gasteiger charge is 2.42. The molecule has 2 nitrogen and oxygen atoms in total. The van der Waals surface area contributed by atoms with E-state index in [0.717, 1.165) is 11.8 Å². The van der Waals surface area contributed by atoms with Crippen molar-refractivity contribution in [2.75, 3.05) is 0 Å². The number of hydrogen-bond donors (Lipinski definition) is 1. The fourth-order valence-electron chi connectivity index (χ4n) is 3.90. The summed E-state index contributed by atoms with van der Waals surface area (Å²) in [5.74, 6) is 2.46. The maximum absolute atomic E-state index is 12.2. The molecule has 1 aromatic rings. The lowest BCUT2D eigenvalue weighted by molar-refractivity contribution is 0.0915. The second-order valence-electron chi connectivity index (χ2n) is 6.11. The third kappa shape index (κ3) is 2.64. The van der Waals surface area contributed by atoms with Crippen LogP contribution in [0.25, 0.3) is 0 Å². The summed E-state index contributed by atoms with van der Waals surface area (Å²) in [5, 5.41) is 3.82. The van der Waals surface area contributed by atoms with E-state index in [4.69, 9.17) is 11.6 Å². The maximum atomic E-state index is 12.2. The number of rotatable bonds is 3. The van der Waals surface area contributed by atoms with Crippen LogP contribution in [0.15, 0.2) is 24.3 Å². The molecule has 1 N–H and O–H groups in total. The zero-order valence-corrected chi connectivity index (χ0v) is 12.0. The fraction of sp³-hybridized carbons (Fsp3) is 0.562. The van der Waals surface area contributed by atoms with Crippen LogP contribution in [0.4, 0.5) is 0 Å². The van der Waals surface area contributed by atoms with Gasteiger partial charge < -0.3 is 5.32 Å². The molecule has 2 saturated carbocycles. The quantitative estimate of drug-likeness (QED) is 0.892. The summed E-state index contributed by atoms with van der Waals surface area (Å²) in [6.45, 7) is 2.15. The van der Waals surface area contributed by atoms with Crippen LogP contribution in [0.3, 0.4) is 0 Å². The molecule has 1 aromatic carbocycles. The minimum absolute atomic E-state index is 0.0203. The highest BCUT2D eigenvalue weighted by Crippen LogP contribution is 2.49. The van der Waals surface area contributed by atoms with Crippen LogP contribution in [0.2, 0.25) is 5.02 Å². The first-order valence-electron chi connectivity index (χ1n) is 7.20. The monoisotopic (exact) mass is 277 g/mol. The van der Waals surface area contributed by atoms with Crippen molar-refractivity contribution in [2.45, 2.75) is 38.6 Å². The second-order valence-corrected chi connectivity index (χ2v) is 6.54. The summed E-state index contributed by atoms with van der Waals surface area (Å²) in [6.07, 6.45) is 5.44. The molecule has 102 valence electrons. The normalized spacial score (nSPS) is 30.3. The smallest absolute Gasteiger partial charge is 0.251 e. The predicted molar refractivity (Wildman–Crippen MR) is 77.3 cm³/mol. The number of carbonyl (C=O) groups is 1. The SMILES string of the molecule is C[C@@H](NC(=O)c1ccc(Cl)cc1)[C@H]1C[C@H]2CC[C@H]1C2. The first-order valence-corrected chi connectivity index (χ1v) is 7.57. The van der Waals surface area contributed by atoms with Crippen molar-refractivity contribution < 1.29 is 4.79 Å². The average Bonchev–Trinajstić information content (AvgIpc) is 3.01. The van der Waals surface area contributed by atoms with Crippen molar-refractivity contribution in [3.05, 3.63) is 34.9 Å². The van der Waals surface area contributed by atoms with Crippen LogP contribution in [0.5, 0.6) is 0 Å². The van der Waals surface area contributed by atoms with Gasteiger partial charge >= 0.3 is 0 Å². The molecule has 2 fully saturated rings. The van der Waals surface area contributed by atoms with Gasteiger partial charge in [-0.25, -0.2) is 0 Å². The lowest BCUT2D eigenvalue weighted by atomic mass is 9.84. The van der Waals surface area contributed by atoms with Gasteiger partial charge in [0.15, 0.2) is 0 Å². The van der Waals surface area contributed by atoms with Gasteiger partial charge in [-0.15, -0.1) is 0 Å². The van der Waals surface area contributed by atoms with Crippen LogP contribution in [-0.4, -0.2) is 11.9 Å². The highest BCUT2D eigenvalue weighted by atomic mass is 35.5. The Morgan fingerprint density at radius 2 is 2.00 bits per heavy atom. The van der Waals surface area contributed by atoms with Crippen LogP contribution in [0.1, 0.15) is 43.0 Å². The molecule has 0 saturated heterocycles. The van der Waals surface area contributed by atoms with Gasteiger partial charge in [0.1, 0.15) is 0 Å². The predicted octanol–water partition coefficient (Wildman–Crippen LogP) is 3.89. The van der Waals surface area contributed by atoms with Crippen LogP contribution >= 0.6 is 11.6 Å². The maximum Gasteiger partial charge on any atom is 0.251 e. The Kier molecular flexibility index (Phi) is 3.53. The summed E-state index contributed by atoms with van der Waals surface area (Å²) < 4.78 is 0. The molecule has 4 atom stereocenters. The zero-order chi connectivity index (χ0) is 13.4. The van der Waals surface area contributed by atoms with E-state index in [2.05, 4.69) is 12.2 Å². The first-order chi connectivity index (χ1) is 9.13. The van der Waals surface area contributed by atoms with Crippen molar-refractivity contribution >= 4 is 17.5 Å². The van der Waals surface area contributed by atoms with Crippen LogP contribution in [-0.2, 0) is 0 Å². The molecule has 0 radical (unpaired) electrons. The molecule has 3 heteroatoms. The van der Waals surface area contributed by atoms with Crippen molar-refractivity contribution in [3.63, 3.8) is 0 Å². The minimum atomic E-state index is 0.0203. The molecular formula is C16H20ClNO. The first kappa shape index (κ1) is 13.0. The number of amides is 1. The van der Waals surface area contributed by atoms with Gasteiger partial charge in [0.05, 0.1) is 0 Å². The number of nitrogens with one attached hydrogen (secondary N) is 1. The number of fused-ring (bicyclic) bond motifs is 2. The number of hydrogen-bond acceptors (Lipinski definition) is 1. The van der Waals surface area contributed by atoms with E-state index in [-0.39, 0.29) is 11.9 Å². The lowest BCUT2D eigenvalue weighted by Crippen LogP contribution is -2.40. The minimum Gasteiger partial charge on any atom is -0.349 e. The Morgan fingerprint density at radius 3 is 2.58 bits per heavy atom. The van der Waals surface area contributed by atoms with Gasteiger partial charge in [-0.05, 0) is 68.2 Å². The van der Waals surface area contributed by atoms with E-state index in [9.17, 15) is 4.79 Å².